The summed E-state index contributed by atoms with van der Waals surface area (Å²) in [5.74, 6) is -0.113. The Hall–Kier alpha value is -1.85. The van der Waals surface area contributed by atoms with Crippen molar-refractivity contribution in [2.24, 2.45) is 4.99 Å². The number of carbonyl (C=O) groups excluding carboxylic acids is 1. The Morgan fingerprint density at radius 1 is 1.05 bits per heavy atom. The number of hydrogen-bond donors (Lipinski definition) is 1. The molecule has 3 rings (SSSR count). The van der Waals surface area contributed by atoms with Crippen LogP contribution in [-0.2, 0) is 4.79 Å². The highest BCUT2D eigenvalue weighted by Gasteiger charge is 2.23. The first-order valence-corrected chi connectivity index (χ1v) is 7.92. The molecule has 1 fully saturated rings. The van der Waals surface area contributed by atoms with Crippen molar-refractivity contribution in [3.8, 4) is 0 Å². The lowest BCUT2D eigenvalue weighted by molar-refractivity contribution is -0.115. The van der Waals surface area contributed by atoms with E-state index in [9.17, 15) is 4.79 Å². The van der Waals surface area contributed by atoms with Crippen LogP contribution >= 0.6 is 27.7 Å². The van der Waals surface area contributed by atoms with Gasteiger partial charge in [0, 0.05) is 4.47 Å². The van der Waals surface area contributed by atoms with Gasteiger partial charge in [-0.15, -0.1) is 0 Å². The van der Waals surface area contributed by atoms with Crippen LogP contribution < -0.4 is 5.32 Å². The summed E-state index contributed by atoms with van der Waals surface area (Å²) in [4.78, 5) is 17.0. The second kappa shape index (κ2) is 6.28. The summed E-state index contributed by atoms with van der Waals surface area (Å²) < 4.78 is 1.01. The molecule has 1 aliphatic heterocycles. The van der Waals surface area contributed by atoms with Gasteiger partial charge >= 0.3 is 0 Å². The van der Waals surface area contributed by atoms with Gasteiger partial charge in [-0.3, -0.25) is 4.79 Å². The fourth-order valence-electron chi connectivity index (χ4n) is 1.81. The number of nitrogens with one attached hydrogen (secondary N) is 1. The number of aliphatic imine (C=N–C) groups is 1. The first-order valence-electron chi connectivity index (χ1n) is 6.31. The van der Waals surface area contributed by atoms with Gasteiger partial charge in [-0.1, -0.05) is 46.3 Å². The van der Waals surface area contributed by atoms with Crippen molar-refractivity contribution in [3.63, 3.8) is 0 Å². The van der Waals surface area contributed by atoms with Crippen molar-refractivity contribution in [1.29, 1.82) is 0 Å². The standard InChI is InChI=1S/C16H11BrN2OS/c17-12-8-6-11(7-9-12)10-14-15(20)19-16(21-14)18-13-4-2-1-3-5-13/h1-10H,(H,18,19,20). The quantitative estimate of drug-likeness (QED) is 0.811. The van der Waals surface area contributed by atoms with E-state index in [1.54, 1.807) is 0 Å². The minimum atomic E-state index is -0.113. The van der Waals surface area contributed by atoms with E-state index in [1.165, 1.54) is 11.8 Å². The van der Waals surface area contributed by atoms with Crippen LogP contribution in [-0.4, -0.2) is 11.1 Å². The van der Waals surface area contributed by atoms with E-state index in [4.69, 9.17) is 0 Å². The largest absolute Gasteiger partial charge is 0.300 e. The van der Waals surface area contributed by atoms with Crippen LogP contribution in [0.3, 0.4) is 0 Å². The number of thioether (sulfide) groups is 1. The third-order valence-electron chi connectivity index (χ3n) is 2.81. The van der Waals surface area contributed by atoms with Crippen LogP contribution in [0.1, 0.15) is 5.56 Å². The van der Waals surface area contributed by atoms with E-state index < -0.39 is 0 Å². The number of amides is 1. The lowest BCUT2D eigenvalue weighted by Gasteiger charge is -1.95. The Morgan fingerprint density at radius 2 is 1.76 bits per heavy atom. The normalized spacial score (nSPS) is 18.2. The summed E-state index contributed by atoms with van der Waals surface area (Å²) >= 11 is 4.74. The summed E-state index contributed by atoms with van der Waals surface area (Å²) in [6.07, 6.45) is 1.86. The highest BCUT2D eigenvalue weighted by atomic mass is 79.9. The Bertz CT molecular complexity index is 724. The monoisotopic (exact) mass is 358 g/mol. The summed E-state index contributed by atoms with van der Waals surface area (Å²) in [6.45, 7) is 0. The molecule has 0 atom stereocenters. The second-order valence-electron chi connectivity index (χ2n) is 4.37. The van der Waals surface area contributed by atoms with Crippen LogP contribution in [0.4, 0.5) is 5.69 Å². The average molecular weight is 359 g/mol. The van der Waals surface area contributed by atoms with Crippen molar-refractivity contribution < 1.29 is 4.79 Å². The summed E-state index contributed by atoms with van der Waals surface area (Å²) in [7, 11) is 0. The van der Waals surface area contributed by atoms with Gasteiger partial charge in [0.2, 0.25) is 0 Å². The van der Waals surface area contributed by atoms with Gasteiger partial charge < -0.3 is 5.32 Å². The highest BCUT2D eigenvalue weighted by molar-refractivity contribution is 9.10. The first-order chi connectivity index (χ1) is 10.2. The van der Waals surface area contributed by atoms with Gasteiger partial charge in [-0.25, -0.2) is 4.99 Å². The van der Waals surface area contributed by atoms with Crippen molar-refractivity contribution in [2.45, 2.75) is 0 Å². The van der Waals surface area contributed by atoms with Gasteiger partial charge in [0.25, 0.3) is 5.91 Å². The van der Waals surface area contributed by atoms with Crippen molar-refractivity contribution >= 4 is 50.5 Å². The van der Waals surface area contributed by atoms with Crippen molar-refractivity contribution in [3.05, 3.63) is 69.5 Å². The van der Waals surface area contributed by atoms with Gasteiger partial charge in [0.05, 0.1) is 10.6 Å². The molecule has 2 aromatic carbocycles. The zero-order valence-corrected chi connectivity index (χ0v) is 13.3. The van der Waals surface area contributed by atoms with E-state index >= 15 is 0 Å². The lowest BCUT2D eigenvalue weighted by atomic mass is 10.2. The van der Waals surface area contributed by atoms with Crippen LogP contribution in [0.5, 0.6) is 0 Å². The average Bonchev–Trinajstić information content (AvgIpc) is 2.82. The minimum Gasteiger partial charge on any atom is -0.300 e. The molecule has 1 amide bonds. The SMILES string of the molecule is O=C1NC(=Nc2ccccc2)SC1=Cc1ccc(Br)cc1. The Kier molecular flexibility index (Phi) is 4.22. The first kappa shape index (κ1) is 14.1. The van der Waals surface area contributed by atoms with Gasteiger partial charge in [-0.2, -0.15) is 0 Å². The molecule has 5 heteroatoms. The fraction of sp³-hybridized carbons (Fsp3) is 0. The van der Waals surface area contributed by atoms with Crippen molar-refractivity contribution in [1.82, 2.24) is 5.32 Å². The van der Waals surface area contributed by atoms with Crippen LogP contribution in [0.15, 0.2) is 69.0 Å². The molecule has 21 heavy (non-hydrogen) atoms. The molecule has 1 saturated heterocycles. The van der Waals surface area contributed by atoms with Crippen LogP contribution in [0.2, 0.25) is 0 Å². The number of halogens is 1. The molecule has 0 aromatic heterocycles. The molecule has 1 N–H and O–H groups in total. The molecule has 104 valence electrons. The van der Waals surface area contributed by atoms with Crippen LogP contribution in [0, 0.1) is 0 Å². The van der Waals surface area contributed by atoms with E-state index in [-0.39, 0.29) is 5.91 Å². The third-order valence-corrected chi connectivity index (χ3v) is 4.24. The van der Waals surface area contributed by atoms with E-state index in [0.717, 1.165) is 15.7 Å². The summed E-state index contributed by atoms with van der Waals surface area (Å²) in [5, 5.41) is 3.39. The number of para-hydroxylation sites is 1. The summed E-state index contributed by atoms with van der Waals surface area (Å²) in [6, 6.07) is 17.4. The maximum absolute atomic E-state index is 12.0. The zero-order chi connectivity index (χ0) is 14.7. The van der Waals surface area contributed by atoms with E-state index in [2.05, 4.69) is 26.2 Å². The van der Waals surface area contributed by atoms with Gasteiger partial charge in [0.15, 0.2) is 5.17 Å². The predicted octanol–water partition coefficient (Wildman–Crippen LogP) is 4.34. The maximum atomic E-state index is 12.0. The molecule has 0 unspecified atom stereocenters. The maximum Gasteiger partial charge on any atom is 0.264 e. The van der Waals surface area contributed by atoms with Crippen molar-refractivity contribution in [2.75, 3.05) is 0 Å². The molecular weight excluding hydrogens is 348 g/mol. The third kappa shape index (κ3) is 3.62. The molecule has 0 saturated carbocycles. The van der Waals surface area contributed by atoms with E-state index in [0.29, 0.717) is 10.1 Å². The lowest BCUT2D eigenvalue weighted by Crippen LogP contribution is -2.19. The summed E-state index contributed by atoms with van der Waals surface area (Å²) in [5.41, 5.74) is 1.81. The molecule has 2 aromatic rings. The Labute approximate surface area is 135 Å². The Balaban J connectivity index is 1.82. The second-order valence-corrected chi connectivity index (χ2v) is 6.32. The molecule has 1 aliphatic rings. The number of amidine groups is 1. The smallest absolute Gasteiger partial charge is 0.264 e. The molecule has 0 aliphatic carbocycles. The molecule has 0 bridgehead atoms. The van der Waals surface area contributed by atoms with Gasteiger partial charge in [0.1, 0.15) is 0 Å². The fourth-order valence-corrected chi connectivity index (χ4v) is 2.92. The number of benzene rings is 2. The predicted molar refractivity (Wildman–Crippen MR) is 91.4 cm³/mol. The number of rotatable bonds is 2. The highest BCUT2D eigenvalue weighted by Crippen LogP contribution is 2.28. The zero-order valence-electron chi connectivity index (χ0n) is 10.9. The molecular formula is C16H11BrN2OS. The topological polar surface area (TPSA) is 41.5 Å². The molecule has 1 heterocycles. The Morgan fingerprint density at radius 3 is 2.48 bits per heavy atom. The van der Waals surface area contributed by atoms with Crippen LogP contribution in [0.25, 0.3) is 6.08 Å². The molecule has 0 radical (unpaired) electrons. The van der Waals surface area contributed by atoms with Gasteiger partial charge in [-0.05, 0) is 47.7 Å². The van der Waals surface area contributed by atoms with E-state index in [1.807, 2.05) is 60.7 Å². The number of nitrogens with zero attached hydrogens (tertiary/aromatic N) is 1. The number of carbonyl (C=O) groups is 1. The molecule has 0 spiro atoms. The number of hydrogen-bond acceptors (Lipinski definition) is 3. The minimum absolute atomic E-state index is 0.113. The molecule has 3 nitrogen and oxygen atoms in total.